The van der Waals surface area contributed by atoms with Crippen LogP contribution in [-0.2, 0) is 16.0 Å². The molecule has 0 aliphatic heterocycles. The summed E-state index contributed by atoms with van der Waals surface area (Å²) in [5.74, 6) is 1.95. The Labute approximate surface area is 153 Å². The average Bonchev–Trinajstić information content (AvgIpc) is 3.10. The van der Waals surface area contributed by atoms with E-state index < -0.39 is 0 Å². The third-order valence-electron chi connectivity index (χ3n) is 5.47. The third-order valence-corrected chi connectivity index (χ3v) is 5.47. The lowest BCUT2D eigenvalue weighted by atomic mass is 9.57. The van der Waals surface area contributed by atoms with Gasteiger partial charge in [0.2, 0.25) is 5.91 Å². The zero-order chi connectivity index (χ0) is 18.7. The number of hydrogen-bond donors (Lipinski definition) is 1. The molecule has 1 aromatic heterocycles. The minimum Gasteiger partial charge on any atom is -0.497 e. The van der Waals surface area contributed by atoms with Crippen molar-refractivity contribution in [1.29, 1.82) is 0 Å². The minimum absolute atomic E-state index is 0.0165. The van der Waals surface area contributed by atoms with Crippen molar-refractivity contribution >= 4 is 5.91 Å². The third kappa shape index (κ3) is 3.75. The number of nitrogens with zero attached hydrogens (tertiary/aromatic N) is 1. The highest BCUT2D eigenvalue weighted by Gasteiger charge is 2.48. The molecule has 0 radical (unpaired) electrons. The number of carbonyl (C=O) groups excluding carboxylic acids is 1. The van der Waals surface area contributed by atoms with E-state index in [0.717, 1.165) is 35.6 Å². The van der Waals surface area contributed by atoms with Crippen LogP contribution in [0.15, 0.2) is 34.9 Å². The zero-order valence-corrected chi connectivity index (χ0v) is 15.7. The molecule has 6 nitrogen and oxygen atoms in total. The molecule has 26 heavy (non-hydrogen) atoms. The van der Waals surface area contributed by atoms with E-state index in [1.165, 1.54) is 7.11 Å². The lowest BCUT2D eigenvalue weighted by Crippen LogP contribution is -2.59. The minimum atomic E-state index is -0.0627. The van der Waals surface area contributed by atoms with Crippen molar-refractivity contribution in [3.05, 3.63) is 36.0 Å². The topological polar surface area (TPSA) is 73.6 Å². The number of hydrogen-bond acceptors (Lipinski definition) is 5. The van der Waals surface area contributed by atoms with Crippen LogP contribution in [0.4, 0.5) is 0 Å². The first-order valence-electron chi connectivity index (χ1n) is 8.82. The summed E-state index contributed by atoms with van der Waals surface area (Å²) in [6.07, 6.45) is 1.77. The van der Waals surface area contributed by atoms with Gasteiger partial charge < -0.3 is 19.3 Å². The fourth-order valence-electron chi connectivity index (χ4n) is 3.53. The predicted octanol–water partition coefficient (Wildman–Crippen LogP) is 3.07. The molecular weight excluding hydrogens is 332 g/mol. The van der Waals surface area contributed by atoms with Crippen LogP contribution in [0.3, 0.4) is 0 Å². The van der Waals surface area contributed by atoms with E-state index in [0.29, 0.717) is 5.92 Å². The second-order valence-corrected chi connectivity index (χ2v) is 7.42. The molecule has 1 aromatic carbocycles. The lowest BCUT2D eigenvalue weighted by Gasteiger charge is -2.52. The summed E-state index contributed by atoms with van der Waals surface area (Å²) in [7, 11) is 3.17. The highest BCUT2D eigenvalue weighted by Crippen LogP contribution is 2.47. The quantitative estimate of drug-likeness (QED) is 0.823. The Balaban J connectivity index is 1.60. The highest BCUT2D eigenvalue weighted by molar-refractivity contribution is 5.77. The van der Waals surface area contributed by atoms with Gasteiger partial charge in [0.1, 0.15) is 12.4 Å². The Morgan fingerprint density at radius 2 is 2.04 bits per heavy atom. The largest absolute Gasteiger partial charge is 0.497 e. The lowest BCUT2D eigenvalue weighted by molar-refractivity contribution is -0.129. The molecule has 3 rings (SSSR count). The molecule has 0 spiro atoms. The molecule has 1 saturated carbocycles. The van der Waals surface area contributed by atoms with Gasteiger partial charge in [-0.2, -0.15) is 0 Å². The van der Waals surface area contributed by atoms with Gasteiger partial charge in [-0.1, -0.05) is 19.0 Å². The van der Waals surface area contributed by atoms with Gasteiger partial charge in [-0.15, -0.1) is 0 Å². The number of benzene rings is 1. The molecule has 1 fully saturated rings. The van der Waals surface area contributed by atoms with E-state index >= 15 is 0 Å². The van der Waals surface area contributed by atoms with Crippen LogP contribution < -0.4 is 10.1 Å². The molecule has 6 heteroatoms. The normalized spacial score (nSPS) is 21.1. The maximum atomic E-state index is 11.7. The second kappa shape index (κ2) is 7.50. The Morgan fingerprint density at radius 1 is 1.31 bits per heavy atom. The van der Waals surface area contributed by atoms with Crippen LogP contribution in [0, 0.1) is 11.3 Å². The number of amides is 1. The maximum Gasteiger partial charge on any atom is 0.246 e. The maximum absolute atomic E-state index is 11.7. The molecule has 0 saturated heterocycles. The van der Waals surface area contributed by atoms with Crippen LogP contribution in [0.1, 0.15) is 26.0 Å². The van der Waals surface area contributed by atoms with Crippen molar-refractivity contribution in [2.75, 3.05) is 20.8 Å². The average molecular weight is 358 g/mol. The van der Waals surface area contributed by atoms with Crippen LogP contribution in [0.2, 0.25) is 0 Å². The highest BCUT2D eigenvalue weighted by atomic mass is 16.5. The fraction of sp³-hybridized carbons (Fsp3) is 0.500. The summed E-state index contributed by atoms with van der Waals surface area (Å²) in [4.78, 5) is 11.7. The Bertz CT molecular complexity index is 751. The van der Waals surface area contributed by atoms with Gasteiger partial charge >= 0.3 is 0 Å². The van der Waals surface area contributed by atoms with Gasteiger partial charge in [-0.05, 0) is 48.4 Å². The molecule has 2 aromatic rings. The summed E-state index contributed by atoms with van der Waals surface area (Å²) in [5.41, 5.74) is 1.93. The number of aromatic nitrogens is 1. The van der Waals surface area contributed by atoms with Crippen LogP contribution in [-0.4, -0.2) is 37.9 Å². The molecule has 0 unspecified atom stereocenters. The van der Waals surface area contributed by atoms with Crippen molar-refractivity contribution in [2.45, 2.75) is 32.7 Å². The molecule has 1 aliphatic rings. The smallest absolute Gasteiger partial charge is 0.246 e. The number of carbonyl (C=O) groups is 1. The summed E-state index contributed by atoms with van der Waals surface area (Å²) in [6.45, 7) is 4.47. The van der Waals surface area contributed by atoms with Crippen molar-refractivity contribution in [3.8, 4) is 17.1 Å². The molecule has 1 N–H and O–H groups in total. The first-order chi connectivity index (χ1) is 12.4. The van der Waals surface area contributed by atoms with Gasteiger partial charge in [0.15, 0.2) is 5.76 Å². The number of nitrogens with one attached hydrogen (secondary N) is 1. The van der Waals surface area contributed by atoms with Gasteiger partial charge in [-0.3, -0.25) is 4.79 Å². The SMILES string of the molecule is COCC(=O)N[C@H]1C[C@@H](Cc2cc(-c3ccc(OC)cc3)on2)C1(C)C. The van der Waals surface area contributed by atoms with Crippen LogP contribution >= 0.6 is 0 Å². The summed E-state index contributed by atoms with van der Waals surface area (Å²) in [5, 5.41) is 7.27. The van der Waals surface area contributed by atoms with Crippen molar-refractivity contribution in [2.24, 2.45) is 11.3 Å². The number of methoxy groups -OCH3 is 2. The molecule has 140 valence electrons. The van der Waals surface area contributed by atoms with Crippen molar-refractivity contribution in [3.63, 3.8) is 0 Å². The molecule has 1 heterocycles. The summed E-state index contributed by atoms with van der Waals surface area (Å²) in [6, 6.07) is 9.88. The van der Waals surface area contributed by atoms with Gasteiger partial charge in [0.25, 0.3) is 0 Å². The van der Waals surface area contributed by atoms with E-state index in [1.807, 2.05) is 30.3 Å². The summed E-state index contributed by atoms with van der Waals surface area (Å²) < 4.78 is 15.6. The Hall–Kier alpha value is -2.34. The molecular formula is C20H26N2O4. The van der Waals surface area contributed by atoms with E-state index in [-0.39, 0.29) is 24.0 Å². The molecule has 1 aliphatic carbocycles. The molecule has 2 atom stereocenters. The standard InChI is InChI=1S/C20H26N2O4/c1-20(2)14(10-18(20)21-19(23)12-24-3)9-15-11-17(26-22-15)13-5-7-16(25-4)8-6-13/h5-8,11,14,18H,9-10,12H2,1-4H3,(H,21,23)/t14-,18+/m1/s1. The second-order valence-electron chi connectivity index (χ2n) is 7.42. The van der Waals surface area contributed by atoms with E-state index in [1.54, 1.807) is 7.11 Å². The predicted molar refractivity (Wildman–Crippen MR) is 97.9 cm³/mol. The number of ether oxygens (including phenoxy) is 2. The number of rotatable bonds is 7. The first kappa shape index (κ1) is 18.5. The van der Waals surface area contributed by atoms with Crippen molar-refractivity contribution in [1.82, 2.24) is 10.5 Å². The van der Waals surface area contributed by atoms with Gasteiger partial charge in [0.05, 0.1) is 12.8 Å². The van der Waals surface area contributed by atoms with E-state index in [9.17, 15) is 4.79 Å². The Kier molecular flexibility index (Phi) is 5.32. The zero-order valence-electron chi connectivity index (χ0n) is 15.7. The fourth-order valence-corrected chi connectivity index (χ4v) is 3.53. The van der Waals surface area contributed by atoms with Gasteiger partial charge in [0, 0.05) is 24.8 Å². The van der Waals surface area contributed by atoms with Crippen molar-refractivity contribution < 1.29 is 18.8 Å². The monoisotopic (exact) mass is 358 g/mol. The summed E-state index contributed by atoms with van der Waals surface area (Å²) >= 11 is 0. The molecule has 1 amide bonds. The van der Waals surface area contributed by atoms with Crippen LogP contribution in [0.25, 0.3) is 11.3 Å². The molecule has 0 bridgehead atoms. The van der Waals surface area contributed by atoms with E-state index in [2.05, 4.69) is 24.3 Å². The Morgan fingerprint density at radius 3 is 2.65 bits per heavy atom. The first-order valence-corrected chi connectivity index (χ1v) is 8.82. The van der Waals surface area contributed by atoms with Crippen LogP contribution in [0.5, 0.6) is 5.75 Å². The van der Waals surface area contributed by atoms with E-state index in [4.69, 9.17) is 14.0 Å². The van der Waals surface area contributed by atoms with Gasteiger partial charge in [-0.25, -0.2) is 0 Å².